The third kappa shape index (κ3) is 3.18. The molecular weight excluding hydrogens is 262 g/mol. The van der Waals surface area contributed by atoms with E-state index in [0.717, 1.165) is 24.2 Å². The molecule has 2 N–H and O–H groups in total. The Hall–Kier alpha value is -1.62. The molecule has 21 heavy (non-hydrogen) atoms. The van der Waals surface area contributed by atoms with Crippen LogP contribution in [-0.2, 0) is 19.4 Å². The molecule has 2 heterocycles. The summed E-state index contributed by atoms with van der Waals surface area (Å²) < 4.78 is 4.06. The van der Waals surface area contributed by atoms with Crippen molar-refractivity contribution < 1.29 is 0 Å². The van der Waals surface area contributed by atoms with Gasteiger partial charge in [-0.2, -0.15) is 10.2 Å². The average molecular weight is 289 g/mol. The minimum Gasteiger partial charge on any atom is -0.324 e. The fourth-order valence-corrected chi connectivity index (χ4v) is 2.76. The van der Waals surface area contributed by atoms with Crippen LogP contribution in [0, 0.1) is 0 Å². The molecular formula is C16H27N5. The summed E-state index contributed by atoms with van der Waals surface area (Å²) in [5.41, 5.74) is 10.7. The number of hydrogen-bond donors (Lipinski definition) is 1. The van der Waals surface area contributed by atoms with Gasteiger partial charge in [0.15, 0.2) is 0 Å². The smallest absolute Gasteiger partial charge is 0.0853 e. The quantitative estimate of drug-likeness (QED) is 0.889. The number of aromatic nitrogens is 4. The lowest BCUT2D eigenvalue weighted by molar-refractivity contribution is 0.518. The Kier molecular flexibility index (Phi) is 4.83. The van der Waals surface area contributed by atoms with Crippen molar-refractivity contribution in [1.29, 1.82) is 0 Å². The molecule has 5 nitrogen and oxygen atoms in total. The van der Waals surface area contributed by atoms with Gasteiger partial charge in [-0.25, -0.2) is 0 Å². The van der Waals surface area contributed by atoms with Gasteiger partial charge in [0.05, 0.1) is 17.9 Å². The summed E-state index contributed by atoms with van der Waals surface area (Å²) in [7, 11) is 0. The third-order valence-corrected chi connectivity index (χ3v) is 3.80. The van der Waals surface area contributed by atoms with E-state index in [1.165, 1.54) is 11.3 Å². The second-order valence-electron chi connectivity index (χ2n) is 5.84. The molecule has 0 fully saturated rings. The van der Waals surface area contributed by atoms with Crippen LogP contribution in [0.2, 0.25) is 0 Å². The molecule has 1 atom stereocenters. The van der Waals surface area contributed by atoms with Crippen LogP contribution in [0.25, 0.3) is 0 Å². The predicted octanol–water partition coefficient (Wildman–Crippen LogP) is 2.85. The van der Waals surface area contributed by atoms with Crippen LogP contribution in [0.3, 0.4) is 0 Å². The van der Waals surface area contributed by atoms with Gasteiger partial charge < -0.3 is 5.73 Å². The van der Waals surface area contributed by atoms with E-state index in [9.17, 15) is 0 Å². The molecule has 2 aromatic rings. The van der Waals surface area contributed by atoms with Crippen molar-refractivity contribution in [3.8, 4) is 0 Å². The van der Waals surface area contributed by atoms with Crippen molar-refractivity contribution in [2.75, 3.05) is 0 Å². The average Bonchev–Trinajstić information content (AvgIpc) is 3.03. The summed E-state index contributed by atoms with van der Waals surface area (Å²) in [4.78, 5) is 0. The van der Waals surface area contributed by atoms with E-state index in [2.05, 4.69) is 43.5 Å². The van der Waals surface area contributed by atoms with Crippen molar-refractivity contribution in [2.24, 2.45) is 5.73 Å². The highest BCUT2D eigenvalue weighted by atomic mass is 15.3. The highest BCUT2D eigenvalue weighted by molar-refractivity contribution is 5.30. The first-order valence-electron chi connectivity index (χ1n) is 7.85. The molecule has 0 spiro atoms. The fourth-order valence-electron chi connectivity index (χ4n) is 2.76. The Morgan fingerprint density at radius 1 is 1.14 bits per heavy atom. The van der Waals surface area contributed by atoms with Crippen LogP contribution >= 0.6 is 0 Å². The summed E-state index contributed by atoms with van der Waals surface area (Å²) in [5, 5.41) is 9.37. The molecule has 2 aromatic heterocycles. The number of nitrogens with zero attached hydrogens (tertiary/aromatic N) is 4. The topological polar surface area (TPSA) is 61.7 Å². The van der Waals surface area contributed by atoms with Crippen LogP contribution in [0.5, 0.6) is 0 Å². The molecule has 0 aliphatic carbocycles. The molecule has 0 aromatic carbocycles. The molecule has 0 amide bonds. The summed E-state index contributed by atoms with van der Waals surface area (Å²) in [6, 6.07) is 2.47. The second-order valence-corrected chi connectivity index (χ2v) is 5.84. The fraction of sp³-hybridized carbons (Fsp3) is 0.625. The van der Waals surface area contributed by atoms with Crippen molar-refractivity contribution in [2.45, 2.75) is 66.1 Å². The zero-order valence-corrected chi connectivity index (χ0v) is 13.8. The molecule has 0 saturated heterocycles. The van der Waals surface area contributed by atoms with Crippen LogP contribution in [0.1, 0.15) is 69.3 Å². The van der Waals surface area contributed by atoms with Crippen molar-refractivity contribution >= 4 is 0 Å². The molecule has 0 aliphatic heterocycles. The second kappa shape index (κ2) is 6.43. The number of nitrogens with two attached hydrogens (primary N) is 1. The summed E-state index contributed by atoms with van der Waals surface area (Å²) >= 11 is 0. The van der Waals surface area contributed by atoms with Crippen molar-refractivity contribution in [3.05, 3.63) is 34.9 Å². The Labute approximate surface area is 127 Å². The van der Waals surface area contributed by atoms with Gasteiger partial charge in [0.2, 0.25) is 0 Å². The maximum Gasteiger partial charge on any atom is 0.0853 e. The molecule has 0 radical (unpaired) electrons. The van der Waals surface area contributed by atoms with E-state index < -0.39 is 0 Å². The van der Waals surface area contributed by atoms with Crippen LogP contribution in [-0.4, -0.2) is 19.6 Å². The van der Waals surface area contributed by atoms with Gasteiger partial charge in [0.25, 0.3) is 0 Å². The van der Waals surface area contributed by atoms with E-state index in [0.29, 0.717) is 12.6 Å². The normalized spacial score (nSPS) is 13.1. The number of hydrogen-bond acceptors (Lipinski definition) is 3. The molecule has 5 heteroatoms. The van der Waals surface area contributed by atoms with Gasteiger partial charge in [-0.1, -0.05) is 13.8 Å². The van der Waals surface area contributed by atoms with Crippen LogP contribution in [0.15, 0.2) is 12.3 Å². The zero-order valence-electron chi connectivity index (χ0n) is 13.8. The van der Waals surface area contributed by atoms with Gasteiger partial charge in [-0.3, -0.25) is 9.36 Å². The minimum absolute atomic E-state index is 0.0249. The van der Waals surface area contributed by atoms with Crippen LogP contribution < -0.4 is 5.73 Å². The lowest BCUT2D eigenvalue weighted by Gasteiger charge is -2.09. The standard InChI is InChI=1S/C16H27N5/c1-6-14-16(12(5)17)15(7-2)21(19-14)10-13-8-9-20(18-13)11(3)4/h8-9,11-12H,6-7,10,17H2,1-5H3. The monoisotopic (exact) mass is 289 g/mol. The van der Waals surface area contributed by atoms with Gasteiger partial charge in [0.1, 0.15) is 0 Å². The third-order valence-electron chi connectivity index (χ3n) is 3.80. The lowest BCUT2D eigenvalue weighted by Crippen LogP contribution is -2.12. The maximum absolute atomic E-state index is 6.14. The number of rotatable bonds is 6. The van der Waals surface area contributed by atoms with Crippen LogP contribution in [0.4, 0.5) is 0 Å². The van der Waals surface area contributed by atoms with Gasteiger partial charge >= 0.3 is 0 Å². The van der Waals surface area contributed by atoms with Gasteiger partial charge in [-0.15, -0.1) is 0 Å². The summed E-state index contributed by atoms with van der Waals surface area (Å²) in [6.45, 7) is 11.3. The first kappa shape index (κ1) is 15.8. The Morgan fingerprint density at radius 2 is 1.86 bits per heavy atom. The molecule has 2 rings (SSSR count). The van der Waals surface area contributed by atoms with E-state index in [1.807, 2.05) is 17.8 Å². The van der Waals surface area contributed by atoms with Crippen molar-refractivity contribution in [1.82, 2.24) is 19.6 Å². The minimum atomic E-state index is 0.0249. The summed E-state index contributed by atoms with van der Waals surface area (Å²) in [5.74, 6) is 0. The van der Waals surface area contributed by atoms with E-state index in [1.54, 1.807) is 0 Å². The highest BCUT2D eigenvalue weighted by Gasteiger charge is 2.18. The first-order chi connectivity index (χ1) is 9.97. The lowest BCUT2D eigenvalue weighted by atomic mass is 10.0. The van der Waals surface area contributed by atoms with E-state index in [4.69, 9.17) is 10.8 Å². The molecule has 1 unspecified atom stereocenters. The molecule has 0 aliphatic rings. The van der Waals surface area contributed by atoms with E-state index in [-0.39, 0.29) is 6.04 Å². The maximum atomic E-state index is 6.14. The van der Waals surface area contributed by atoms with E-state index >= 15 is 0 Å². The summed E-state index contributed by atoms with van der Waals surface area (Å²) in [6.07, 6.45) is 3.88. The Morgan fingerprint density at radius 3 is 2.33 bits per heavy atom. The molecule has 0 bridgehead atoms. The largest absolute Gasteiger partial charge is 0.324 e. The molecule has 0 saturated carbocycles. The number of aryl methyl sites for hydroxylation is 1. The highest BCUT2D eigenvalue weighted by Crippen LogP contribution is 2.22. The van der Waals surface area contributed by atoms with Crippen molar-refractivity contribution in [3.63, 3.8) is 0 Å². The molecule has 116 valence electrons. The predicted molar refractivity (Wildman–Crippen MR) is 85.3 cm³/mol. The Bertz CT molecular complexity index is 592. The van der Waals surface area contributed by atoms with Gasteiger partial charge in [-0.05, 0) is 39.7 Å². The Balaban J connectivity index is 2.34. The SMILES string of the molecule is CCc1nn(Cc2ccn(C(C)C)n2)c(CC)c1C(C)N. The zero-order chi connectivity index (χ0) is 15.6. The first-order valence-corrected chi connectivity index (χ1v) is 7.85. The van der Waals surface area contributed by atoms with Gasteiger partial charge in [0, 0.05) is 29.5 Å².